The number of phosphoric acid groups is 2. The van der Waals surface area contributed by atoms with Gasteiger partial charge in [-0.3, -0.25) is 37.3 Å². The second-order valence-corrected chi connectivity index (χ2v) is 34.9. The van der Waals surface area contributed by atoms with Gasteiger partial charge < -0.3 is 33.8 Å². The summed E-state index contributed by atoms with van der Waals surface area (Å²) < 4.78 is 68.9. The molecule has 0 aromatic carbocycles. The predicted molar refractivity (Wildman–Crippen MR) is 437 cm³/mol. The van der Waals surface area contributed by atoms with E-state index in [9.17, 15) is 43.2 Å². The van der Waals surface area contributed by atoms with Crippen LogP contribution in [0.2, 0.25) is 0 Å². The summed E-state index contributed by atoms with van der Waals surface area (Å²) in [6, 6.07) is 0. The van der Waals surface area contributed by atoms with Crippen molar-refractivity contribution in [3.63, 3.8) is 0 Å². The molecule has 630 valence electrons. The SMILES string of the molecule is CCCCCCCCCCCCCCCCCCCC(=O)O[C@H](COC(=O)CCCCCCCCCCCC)COP(=O)(O)OC[C@H](O)COP(=O)(O)OC[C@@H](COC(=O)CCCCCCCCCCCCCCCCC(C)C)OC(=O)CCCCCCCCCCCCCCCCCCCCC(C)CC. The first-order chi connectivity index (χ1) is 51.4. The molecule has 0 aliphatic carbocycles. The number of phosphoric ester groups is 2. The van der Waals surface area contributed by atoms with E-state index in [-0.39, 0.29) is 25.7 Å². The molecule has 0 saturated heterocycles. The Morgan fingerprint density at radius 1 is 0.274 bits per heavy atom. The molecule has 0 bridgehead atoms. The standard InChI is InChI=1S/C87H170O17P2/c1-7-10-12-14-16-18-20-21-22-25-29-36-41-47-53-59-65-71-86(91)103-82(75-97-84(89)69-63-57-51-45-19-17-15-13-11-8-2)77-101-105(93,94)99-73-81(88)74-100-106(95,96)102-78-83(76-98-85(90)70-64-58-52-46-40-35-32-31-33-38-43-49-55-61-67-79(4)5)104-87(92)72-66-60-54-48-42-37-30-27-24-23-26-28-34-39-44-50-56-62-68-80(6)9-3/h79-83,88H,7-78H2,1-6H3,(H,93,94)(H,95,96)/t80?,81-,82+,83+/m0/s1. The fourth-order valence-electron chi connectivity index (χ4n) is 13.6. The Kier molecular flexibility index (Phi) is 76.9. The van der Waals surface area contributed by atoms with E-state index in [1.165, 1.54) is 283 Å². The monoisotopic (exact) mass is 1550 g/mol. The van der Waals surface area contributed by atoms with Gasteiger partial charge in [-0.05, 0) is 37.5 Å². The molecule has 0 heterocycles. The van der Waals surface area contributed by atoms with Crippen LogP contribution in [-0.4, -0.2) is 96.7 Å². The fraction of sp³-hybridized carbons (Fsp3) is 0.954. The minimum Gasteiger partial charge on any atom is -0.462 e. The number of aliphatic hydroxyl groups is 1. The predicted octanol–water partition coefficient (Wildman–Crippen LogP) is 26.6. The summed E-state index contributed by atoms with van der Waals surface area (Å²) in [5.74, 6) is -0.430. The number of aliphatic hydroxyl groups excluding tert-OH is 1. The highest BCUT2D eigenvalue weighted by atomic mass is 31.2. The molecule has 3 N–H and O–H groups in total. The number of esters is 4. The van der Waals surface area contributed by atoms with Crippen molar-refractivity contribution in [3.8, 4) is 0 Å². The third-order valence-electron chi connectivity index (χ3n) is 20.8. The van der Waals surface area contributed by atoms with E-state index in [4.69, 9.17) is 37.0 Å². The molecule has 0 fully saturated rings. The smallest absolute Gasteiger partial charge is 0.462 e. The molecule has 0 aliphatic rings. The van der Waals surface area contributed by atoms with Crippen molar-refractivity contribution in [2.75, 3.05) is 39.6 Å². The lowest BCUT2D eigenvalue weighted by atomic mass is 9.99. The van der Waals surface area contributed by atoms with Gasteiger partial charge in [-0.1, -0.05) is 414 Å². The van der Waals surface area contributed by atoms with E-state index >= 15 is 0 Å². The number of unbranched alkanes of at least 4 members (excludes halogenated alkanes) is 55. The van der Waals surface area contributed by atoms with E-state index in [1.54, 1.807) is 0 Å². The fourth-order valence-corrected chi connectivity index (χ4v) is 15.1. The molecule has 106 heavy (non-hydrogen) atoms. The molecule has 0 aromatic rings. The van der Waals surface area contributed by atoms with Gasteiger partial charge in [0, 0.05) is 25.7 Å². The second kappa shape index (κ2) is 78.3. The molecular weight excluding hydrogens is 1380 g/mol. The van der Waals surface area contributed by atoms with Crippen molar-refractivity contribution >= 4 is 39.5 Å². The van der Waals surface area contributed by atoms with Crippen LogP contribution in [0.15, 0.2) is 0 Å². The van der Waals surface area contributed by atoms with Gasteiger partial charge in [-0.15, -0.1) is 0 Å². The maximum absolute atomic E-state index is 13.2. The summed E-state index contributed by atoms with van der Waals surface area (Å²) >= 11 is 0. The van der Waals surface area contributed by atoms with Crippen LogP contribution < -0.4 is 0 Å². The van der Waals surface area contributed by atoms with E-state index in [0.29, 0.717) is 25.7 Å². The van der Waals surface area contributed by atoms with Crippen LogP contribution in [0.4, 0.5) is 0 Å². The van der Waals surface area contributed by atoms with Gasteiger partial charge >= 0.3 is 39.5 Å². The topological polar surface area (TPSA) is 237 Å². The summed E-state index contributed by atoms with van der Waals surface area (Å²) in [4.78, 5) is 73.2. The lowest BCUT2D eigenvalue weighted by molar-refractivity contribution is -0.161. The number of hydrogen-bond donors (Lipinski definition) is 3. The highest BCUT2D eigenvalue weighted by Gasteiger charge is 2.30. The molecule has 0 rings (SSSR count). The summed E-state index contributed by atoms with van der Waals surface area (Å²) in [5.41, 5.74) is 0. The number of carbonyl (C=O) groups excluding carboxylic acids is 4. The van der Waals surface area contributed by atoms with Crippen molar-refractivity contribution < 1.29 is 80.2 Å². The summed E-state index contributed by atoms with van der Waals surface area (Å²) in [6.07, 6.45) is 70.7. The zero-order chi connectivity index (χ0) is 77.8. The van der Waals surface area contributed by atoms with Gasteiger partial charge in [0.05, 0.1) is 26.4 Å². The zero-order valence-electron chi connectivity index (χ0n) is 69.7. The van der Waals surface area contributed by atoms with Crippen LogP contribution in [0.25, 0.3) is 0 Å². The van der Waals surface area contributed by atoms with Crippen LogP contribution in [0.1, 0.15) is 465 Å². The molecular formula is C87H170O17P2. The van der Waals surface area contributed by atoms with Gasteiger partial charge in [0.15, 0.2) is 12.2 Å². The van der Waals surface area contributed by atoms with E-state index in [1.807, 2.05) is 0 Å². The molecule has 0 spiro atoms. The largest absolute Gasteiger partial charge is 0.472 e. The average molecular weight is 1550 g/mol. The summed E-state index contributed by atoms with van der Waals surface area (Å²) in [5, 5.41) is 10.7. The van der Waals surface area contributed by atoms with Crippen molar-refractivity contribution in [1.82, 2.24) is 0 Å². The van der Waals surface area contributed by atoms with Crippen LogP contribution >= 0.6 is 15.6 Å². The van der Waals surface area contributed by atoms with E-state index in [0.717, 1.165) is 102 Å². The molecule has 17 nitrogen and oxygen atoms in total. The van der Waals surface area contributed by atoms with Crippen LogP contribution in [-0.2, 0) is 65.4 Å². The Balaban J connectivity index is 5.22. The maximum Gasteiger partial charge on any atom is 0.472 e. The average Bonchev–Trinajstić information content (AvgIpc) is 0.902. The zero-order valence-corrected chi connectivity index (χ0v) is 71.5. The Morgan fingerprint density at radius 2 is 0.481 bits per heavy atom. The highest BCUT2D eigenvalue weighted by molar-refractivity contribution is 7.47. The number of hydrogen-bond acceptors (Lipinski definition) is 15. The van der Waals surface area contributed by atoms with Crippen molar-refractivity contribution in [1.29, 1.82) is 0 Å². The summed E-state index contributed by atoms with van der Waals surface area (Å²) in [6.45, 7) is 9.76. The minimum atomic E-state index is -4.97. The first-order valence-corrected chi connectivity index (χ1v) is 48.0. The molecule has 3 unspecified atom stereocenters. The van der Waals surface area contributed by atoms with E-state index in [2.05, 4.69) is 41.5 Å². The molecule has 0 aromatic heterocycles. The lowest BCUT2D eigenvalue weighted by Crippen LogP contribution is -2.30. The Bertz CT molecular complexity index is 2030. The van der Waals surface area contributed by atoms with Gasteiger partial charge in [-0.2, -0.15) is 0 Å². The van der Waals surface area contributed by atoms with Crippen molar-refractivity contribution in [3.05, 3.63) is 0 Å². The Labute approximate surface area is 651 Å². The molecule has 19 heteroatoms. The maximum atomic E-state index is 13.2. The number of carbonyl (C=O) groups is 4. The van der Waals surface area contributed by atoms with Crippen molar-refractivity contribution in [2.24, 2.45) is 11.8 Å². The second-order valence-electron chi connectivity index (χ2n) is 32.0. The van der Waals surface area contributed by atoms with Crippen LogP contribution in [0.3, 0.4) is 0 Å². The van der Waals surface area contributed by atoms with Gasteiger partial charge in [0.1, 0.15) is 19.3 Å². The van der Waals surface area contributed by atoms with Crippen LogP contribution in [0, 0.1) is 11.8 Å². The Hall–Kier alpha value is -1.94. The molecule has 0 amide bonds. The van der Waals surface area contributed by atoms with Gasteiger partial charge in [-0.25, -0.2) is 9.13 Å². The minimum absolute atomic E-state index is 0.109. The third-order valence-corrected chi connectivity index (χ3v) is 22.7. The van der Waals surface area contributed by atoms with Crippen LogP contribution in [0.5, 0.6) is 0 Å². The molecule has 0 radical (unpaired) electrons. The number of ether oxygens (including phenoxy) is 4. The van der Waals surface area contributed by atoms with Crippen molar-refractivity contribution in [2.45, 2.75) is 484 Å². The van der Waals surface area contributed by atoms with E-state index < -0.39 is 97.5 Å². The first kappa shape index (κ1) is 104. The highest BCUT2D eigenvalue weighted by Crippen LogP contribution is 2.45. The number of rotatable bonds is 86. The molecule has 0 saturated carbocycles. The quantitative estimate of drug-likeness (QED) is 0.0222. The normalized spacial score (nSPS) is 14.1. The van der Waals surface area contributed by atoms with Gasteiger partial charge in [0.2, 0.25) is 0 Å². The first-order valence-electron chi connectivity index (χ1n) is 45.0. The summed E-state index contributed by atoms with van der Waals surface area (Å²) in [7, 11) is -9.93. The lowest BCUT2D eigenvalue weighted by Gasteiger charge is -2.21. The third kappa shape index (κ3) is 78.7. The van der Waals surface area contributed by atoms with Gasteiger partial charge in [0.25, 0.3) is 0 Å². The Morgan fingerprint density at radius 3 is 0.717 bits per heavy atom. The molecule has 0 aliphatic heterocycles. The molecule has 6 atom stereocenters.